The molecule has 0 heterocycles. The second-order valence-electron chi connectivity index (χ2n) is 5.32. The molecule has 26 heavy (non-hydrogen) atoms. The maximum absolute atomic E-state index is 12.9. The normalized spacial score (nSPS) is 13.4. The molecule has 2 aromatic carbocycles. The van der Waals surface area contributed by atoms with Gasteiger partial charge in [-0.15, -0.1) is 0 Å². The molecule has 2 rings (SSSR count). The van der Waals surface area contributed by atoms with Crippen molar-refractivity contribution in [3.05, 3.63) is 64.7 Å². The van der Waals surface area contributed by atoms with Crippen LogP contribution in [0.5, 0.6) is 0 Å². The number of benzene rings is 2. The summed E-state index contributed by atoms with van der Waals surface area (Å²) in [5.41, 5.74) is -0.827. The lowest BCUT2D eigenvalue weighted by Crippen LogP contribution is -2.49. The number of aliphatic carboxylic acids is 1. The predicted molar refractivity (Wildman–Crippen MR) is 85.7 cm³/mol. The molecule has 2 aromatic rings. The third kappa shape index (κ3) is 4.96. The zero-order valence-corrected chi connectivity index (χ0v) is 14.5. The third-order valence-electron chi connectivity index (χ3n) is 3.42. The monoisotopic (exact) mass is 406 g/mol. The summed E-state index contributed by atoms with van der Waals surface area (Å²) in [5, 5.41) is 10.6. The van der Waals surface area contributed by atoms with Crippen LogP contribution in [0.1, 0.15) is 11.1 Å². The van der Waals surface area contributed by atoms with Crippen LogP contribution in [0.2, 0.25) is 5.02 Å². The lowest BCUT2D eigenvalue weighted by atomic mass is 10.1. The van der Waals surface area contributed by atoms with Crippen molar-refractivity contribution in [2.24, 2.45) is 0 Å². The van der Waals surface area contributed by atoms with E-state index in [4.69, 9.17) is 11.6 Å². The second kappa shape index (κ2) is 7.65. The van der Waals surface area contributed by atoms with Gasteiger partial charge in [-0.05, 0) is 30.2 Å². The van der Waals surface area contributed by atoms with Gasteiger partial charge >= 0.3 is 6.18 Å². The average molecular weight is 407 g/mol. The first-order valence-electron chi connectivity index (χ1n) is 7.14. The summed E-state index contributed by atoms with van der Waals surface area (Å²) >= 11 is 5.46. The van der Waals surface area contributed by atoms with Gasteiger partial charge in [-0.3, -0.25) is 0 Å². The van der Waals surface area contributed by atoms with Gasteiger partial charge in [0.15, 0.2) is 0 Å². The molecule has 5 nitrogen and oxygen atoms in total. The lowest BCUT2D eigenvalue weighted by Gasteiger charge is -2.20. The fourth-order valence-corrected chi connectivity index (χ4v) is 3.60. The SMILES string of the molecule is O=C([O-])[C@@H](Cc1ccccc1)NS(=O)(=O)c1ccc(Cl)c(C(F)(F)F)c1. The number of alkyl halides is 3. The number of carbonyl (C=O) groups is 1. The molecule has 0 saturated heterocycles. The Morgan fingerprint density at radius 1 is 1.15 bits per heavy atom. The molecule has 0 aliphatic heterocycles. The molecular weight excluding hydrogens is 395 g/mol. The molecule has 1 N–H and O–H groups in total. The molecule has 0 aromatic heterocycles. The smallest absolute Gasteiger partial charge is 0.417 e. The summed E-state index contributed by atoms with van der Waals surface area (Å²) in [6.45, 7) is 0. The van der Waals surface area contributed by atoms with Crippen molar-refractivity contribution in [2.75, 3.05) is 0 Å². The van der Waals surface area contributed by atoms with Gasteiger partial charge in [0.05, 0.1) is 27.5 Å². The van der Waals surface area contributed by atoms with E-state index in [0.29, 0.717) is 11.6 Å². The zero-order valence-electron chi connectivity index (χ0n) is 13.0. The number of carboxylic acids is 1. The summed E-state index contributed by atoms with van der Waals surface area (Å²) in [6, 6.07) is 8.43. The van der Waals surface area contributed by atoms with Gasteiger partial charge in [-0.1, -0.05) is 41.9 Å². The fraction of sp³-hybridized carbons (Fsp3) is 0.188. The van der Waals surface area contributed by atoms with Crippen LogP contribution in [-0.2, 0) is 27.4 Å². The van der Waals surface area contributed by atoms with Gasteiger partial charge in [0.25, 0.3) is 0 Å². The average Bonchev–Trinajstić information content (AvgIpc) is 2.54. The maximum atomic E-state index is 12.9. The number of halogens is 4. The van der Waals surface area contributed by atoms with E-state index in [2.05, 4.69) is 0 Å². The van der Waals surface area contributed by atoms with Gasteiger partial charge in [0, 0.05) is 0 Å². The largest absolute Gasteiger partial charge is 0.548 e. The van der Waals surface area contributed by atoms with Crippen molar-refractivity contribution in [2.45, 2.75) is 23.5 Å². The third-order valence-corrected chi connectivity index (χ3v) is 5.22. The Morgan fingerprint density at radius 3 is 2.31 bits per heavy atom. The van der Waals surface area contributed by atoms with Crippen LogP contribution < -0.4 is 9.83 Å². The van der Waals surface area contributed by atoms with Crippen LogP contribution in [0.15, 0.2) is 53.4 Å². The van der Waals surface area contributed by atoms with Crippen LogP contribution in [0.25, 0.3) is 0 Å². The Balaban J connectivity index is 2.32. The Labute approximate surface area is 152 Å². The van der Waals surface area contributed by atoms with E-state index in [9.17, 15) is 31.5 Å². The summed E-state index contributed by atoms with van der Waals surface area (Å²) in [4.78, 5) is 10.5. The summed E-state index contributed by atoms with van der Waals surface area (Å²) in [5.74, 6) is -1.71. The Kier molecular flexibility index (Phi) is 5.94. The maximum Gasteiger partial charge on any atom is 0.417 e. The quantitative estimate of drug-likeness (QED) is 0.795. The molecule has 0 spiro atoms. The van der Waals surface area contributed by atoms with E-state index in [0.717, 1.165) is 12.1 Å². The number of carbonyl (C=O) groups excluding carboxylic acids is 1. The van der Waals surface area contributed by atoms with Crippen molar-refractivity contribution in [1.82, 2.24) is 4.72 Å². The number of rotatable bonds is 6. The molecule has 0 bridgehead atoms. The van der Waals surface area contributed by atoms with E-state index in [1.807, 2.05) is 4.72 Å². The Morgan fingerprint density at radius 2 is 1.77 bits per heavy atom. The van der Waals surface area contributed by atoms with Gasteiger partial charge in [-0.25, -0.2) is 13.1 Å². The van der Waals surface area contributed by atoms with Crippen molar-refractivity contribution < 1.29 is 31.5 Å². The molecule has 0 unspecified atom stereocenters. The highest BCUT2D eigenvalue weighted by Gasteiger charge is 2.34. The molecule has 0 amide bonds. The molecule has 1 atom stereocenters. The molecule has 0 aliphatic carbocycles. The van der Waals surface area contributed by atoms with Crippen molar-refractivity contribution in [3.8, 4) is 0 Å². The van der Waals surface area contributed by atoms with Gasteiger partial charge < -0.3 is 9.90 Å². The summed E-state index contributed by atoms with van der Waals surface area (Å²) < 4.78 is 65.2. The highest BCUT2D eigenvalue weighted by Crippen LogP contribution is 2.35. The van der Waals surface area contributed by atoms with E-state index in [-0.39, 0.29) is 6.42 Å². The van der Waals surface area contributed by atoms with Crippen molar-refractivity contribution >= 4 is 27.6 Å². The molecule has 0 radical (unpaired) electrons. The predicted octanol–water partition coefficient (Wildman–Crippen LogP) is 2.00. The molecular formula is C16H12ClF3NO4S-. The van der Waals surface area contributed by atoms with Crippen LogP contribution in [-0.4, -0.2) is 20.4 Å². The highest BCUT2D eigenvalue weighted by molar-refractivity contribution is 7.89. The van der Waals surface area contributed by atoms with Crippen LogP contribution in [0.4, 0.5) is 13.2 Å². The number of carboxylic acid groups (broad SMARTS) is 1. The van der Waals surface area contributed by atoms with Gasteiger partial charge in [0.1, 0.15) is 0 Å². The minimum Gasteiger partial charge on any atom is -0.548 e. The molecule has 0 aliphatic rings. The highest BCUT2D eigenvalue weighted by atomic mass is 35.5. The van der Waals surface area contributed by atoms with E-state index in [1.54, 1.807) is 30.3 Å². The van der Waals surface area contributed by atoms with Crippen molar-refractivity contribution in [3.63, 3.8) is 0 Å². The zero-order chi connectivity index (χ0) is 19.5. The first-order chi connectivity index (χ1) is 12.0. The van der Waals surface area contributed by atoms with E-state index < -0.39 is 43.7 Å². The van der Waals surface area contributed by atoms with E-state index >= 15 is 0 Å². The lowest BCUT2D eigenvalue weighted by molar-refractivity contribution is -0.307. The Bertz CT molecular complexity index is 901. The molecule has 10 heteroatoms. The van der Waals surface area contributed by atoms with Crippen LogP contribution in [0, 0.1) is 0 Å². The van der Waals surface area contributed by atoms with Gasteiger partial charge in [0.2, 0.25) is 10.0 Å². The minimum absolute atomic E-state index is 0.234. The first-order valence-corrected chi connectivity index (χ1v) is 9.00. The van der Waals surface area contributed by atoms with Gasteiger partial charge in [-0.2, -0.15) is 13.2 Å². The second-order valence-corrected chi connectivity index (χ2v) is 7.44. The molecule has 140 valence electrons. The summed E-state index contributed by atoms with van der Waals surface area (Å²) in [7, 11) is -4.55. The van der Waals surface area contributed by atoms with Crippen LogP contribution >= 0.6 is 11.6 Å². The first kappa shape index (κ1) is 20.2. The topological polar surface area (TPSA) is 86.3 Å². The van der Waals surface area contributed by atoms with E-state index in [1.165, 1.54) is 0 Å². The number of sulfonamides is 1. The number of hydrogen-bond acceptors (Lipinski definition) is 4. The fourth-order valence-electron chi connectivity index (χ4n) is 2.17. The standard InChI is InChI=1S/C16H13ClF3NO4S/c17-13-7-6-11(9-12(13)16(18,19)20)26(24,25)21-14(15(22)23)8-10-4-2-1-3-5-10/h1-7,9,14,21H,8H2,(H,22,23)/p-1/t14-/m1/s1. The Hall–Kier alpha value is -2.10. The molecule has 0 fully saturated rings. The number of nitrogens with one attached hydrogen (secondary N) is 1. The minimum atomic E-state index is -4.86. The number of hydrogen-bond donors (Lipinski definition) is 1. The molecule has 0 saturated carbocycles. The van der Waals surface area contributed by atoms with Crippen LogP contribution in [0.3, 0.4) is 0 Å². The van der Waals surface area contributed by atoms with Crippen molar-refractivity contribution in [1.29, 1.82) is 0 Å². The summed E-state index contributed by atoms with van der Waals surface area (Å²) in [6.07, 6.45) is -5.09.